The first-order valence-electron chi connectivity index (χ1n) is 3.31. The number of hydrogen-bond acceptors (Lipinski definition) is 6. The van der Waals surface area contributed by atoms with Crippen LogP contribution in [-0.2, 0) is 6.42 Å². The predicted molar refractivity (Wildman–Crippen MR) is 49.7 cm³/mol. The summed E-state index contributed by atoms with van der Waals surface area (Å²) in [6.45, 7) is 0. The van der Waals surface area contributed by atoms with Gasteiger partial charge in [-0.3, -0.25) is 0 Å². The molecule has 4 nitrogen and oxygen atoms in total. The number of nitrogens with zero attached hydrogens (tertiary/aromatic N) is 2. The van der Waals surface area contributed by atoms with Crippen molar-refractivity contribution in [2.45, 2.75) is 6.42 Å². The van der Waals surface area contributed by atoms with Crippen LogP contribution in [0.5, 0.6) is 5.88 Å². The molecule has 0 spiro atoms. The van der Waals surface area contributed by atoms with E-state index in [-0.39, 0.29) is 63.7 Å². The molecule has 0 aliphatic carbocycles. The molecule has 0 N–H and O–H groups in total. The smallest absolute Gasteiger partial charge is 0.867 e. The van der Waals surface area contributed by atoms with Gasteiger partial charge in [-0.25, -0.2) is 0 Å². The molecule has 0 amide bonds. The standard InChI is InChI=1S/C7H6N2O2S2.K/c1-11-7-4(3-8)5(13-9-7)2-6(10)12;/h2H2,1H3,(H,10,12);/q;+1/p-1. The fraction of sp³-hybridized carbons (Fsp3) is 0.286. The topological polar surface area (TPSA) is 69.0 Å². The van der Waals surface area contributed by atoms with Crippen LogP contribution in [0.3, 0.4) is 0 Å². The van der Waals surface area contributed by atoms with Gasteiger partial charge in [-0.2, -0.15) is 9.64 Å². The first-order valence-corrected chi connectivity index (χ1v) is 4.49. The molecule has 0 radical (unpaired) electrons. The molecular formula is C7H5KN2O2S2. The fourth-order valence-electron chi connectivity index (χ4n) is 0.808. The number of methoxy groups -OCH3 is 1. The van der Waals surface area contributed by atoms with Crippen LogP contribution in [0.4, 0.5) is 0 Å². The number of ether oxygens (including phenoxy) is 1. The van der Waals surface area contributed by atoms with Gasteiger partial charge in [0.15, 0.2) is 0 Å². The molecule has 0 aromatic carbocycles. The second-order valence-corrected chi connectivity index (χ2v) is 3.46. The molecule has 0 atom stereocenters. The van der Waals surface area contributed by atoms with Gasteiger partial charge in [0.1, 0.15) is 11.6 Å². The zero-order valence-electron chi connectivity index (χ0n) is 7.73. The summed E-state index contributed by atoms with van der Waals surface area (Å²) < 4.78 is 8.69. The van der Waals surface area contributed by atoms with Crippen LogP contribution >= 0.6 is 23.8 Å². The second kappa shape index (κ2) is 6.84. The van der Waals surface area contributed by atoms with Crippen molar-refractivity contribution in [2.24, 2.45) is 0 Å². The molecule has 68 valence electrons. The summed E-state index contributed by atoms with van der Waals surface area (Å²) in [6.07, 6.45) is 0.0687. The van der Waals surface area contributed by atoms with Gasteiger partial charge in [-0.15, -0.1) is 12.2 Å². The molecule has 0 fully saturated rings. The van der Waals surface area contributed by atoms with E-state index >= 15 is 0 Å². The maximum absolute atomic E-state index is 10.6. The van der Waals surface area contributed by atoms with E-state index in [0.717, 1.165) is 11.5 Å². The largest absolute Gasteiger partial charge is 1.00 e. The molecule has 0 bridgehead atoms. The summed E-state index contributed by atoms with van der Waals surface area (Å²) in [4.78, 5) is 0.569. The normalized spacial score (nSPS) is 8.57. The van der Waals surface area contributed by atoms with Crippen molar-refractivity contribution in [2.75, 3.05) is 7.11 Å². The first kappa shape index (κ1) is 14.4. The Hall–Kier alpha value is 0.446. The predicted octanol–water partition coefficient (Wildman–Crippen LogP) is -2.74. The van der Waals surface area contributed by atoms with Crippen LogP contribution in [0.15, 0.2) is 0 Å². The van der Waals surface area contributed by atoms with Gasteiger partial charge in [-0.05, 0) is 11.5 Å². The van der Waals surface area contributed by atoms with Crippen molar-refractivity contribution in [3.63, 3.8) is 0 Å². The van der Waals surface area contributed by atoms with Crippen molar-refractivity contribution in [3.8, 4) is 11.9 Å². The van der Waals surface area contributed by atoms with Gasteiger partial charge in [0.05, 0.1) is 12.0 Å². The van der Waals surface area contributed by atoms with E-state index in [9.17, 15) is 5.11 Å². The molecule has 14 heavy (non-hydrogen) atoms. The molecule has 0 saturated heterocycles. The third-order valence-electron chi connectivity index (χ3n) is 1.34. The summed E-state index contributed by atoms with van der Waals surface area (Å²) in [5.74, 6) is 0.263. The van der Waals surface area contributed by atoms with Gasteiger partial charge in [0.25, 0.3) is 0 Å². The van der Waals surface area contributed by atoms with Crippen molar-refractivity contribution >= 4 is 28.8 Å². The van der Waals surface area contributed by atoms with Gasteiger partial charge in [-0.1, -0.05) is 5.05 Å². The molecule has 0 unspecified atom stereocenters. The minimum Gasteiger partial charge on any atom is -0.867 e. The molecule has 1 heterocycles. The Kier molecular flexibility index (Phi) is 7.06. The van der Waals surface area contributed by atoms with Crippen LogP contribution in [0.1, 0.15) is 10.4 Å². The van der Waals surface area contributed by atoms with Crippen molar-refractivity contribution in [3.05, 3.63) is 10.4 Å². The van der Waals surface area contributed by atoms with Gasteiger partial charge in [0.2, 0.25) is 5.88 Å². The summed E-state index contributed by atoms with van der Waals surface area (Å²) in [7, 11) is 1.43. The monoisotopic (exact) mass is 252 g/mol. The first-order chi connectivity index (χ1) is 6.19. The number of thiocarbonyl (C=S) groups is 1. The Labute approximate surface area is 133 Å². The number of aromatic nitrogens is 1. The van der Waals surface area contributed by atoms with Crippen molar-refractivity contribution < 1.29 is 61.2 Å². The molecule has 0 aliphatic heterocycles. The number of rotatable bonds is 3. The zero-order valence-corrected chi connectivity index (χ0v) is 12.5. The van der Waals surface area contributed by atoms with Gasteiger partial charge >= 0.3 is 51.4 Å². The summed E-state index contributed by atoms with van der Waals surface area (Å²) in [5, 5.41) is 18.9. The van der Waals surface area contributed by atoms with E-state index in [0.29, 0.717) is 10.4 Å². The van der Waals surface area contributed by atoms with E-state index in [4.69, 9.17) is 10.00 Å². The van der Waals surface area contributed by atoms with E-state index in [1.807, 2.05) is 6.07 Å². The molecule has 1 aromatic rings. The molecule has 0 saturated carbocycles. The molecule has 1 aromatic heterocycles. The van der Waals surface area contributed by atoms with Crippen LogP contribution < -0.4 is 61.2 Å². The summed E-state index contributed by atoms with van der Waals surface area (Å²) in [5.41, 5.74) is 0.311. The Morgan fingerprint density at radius 3 is 2.86 bits per heavy atom. The van der Waals surface area contributed by atoms with E-state index < -0.39 is 5.05 Å². The minimum atomic E-state index is -0.400. The van der Waals surface area contributed by atoms with Crippen LogP contribution in [0, 0.1) is 11.3 Å². The minimum absolute atomic E-state index is 0. The SMILES string of the molecule is COc1nsc(CC([O-])=S)c1C#N.[K+]. The Morgan fingerprint density at radius 1 is 1.79 bits per heavy atom. The van der Waals surface area contributed by atoms with E-state index in [1.54, 1.807) is 0 Å². The molecule has 7 heteroatoms. The molecular weight excluding hydrogens is 247 g/mol. The fourth-order valence-corrected chi connectivity index (χ4v) is 1.82. The van der Waals surface area contributed by atoms with E-state index in [1.165, 1.54) is 7.11 Å². The average Bonchev–Trinajstić information content (AvgIpc) is 2.45. The zero-order chi connectivity index (χ0) is 9.84. The maximum Gasteiger partial charge on any atom is 1.00 e. The Morgan fingerprint density at radius 2 is 2.43 bits per heavy atom. The summed E-state index contributed by atoms with van der Waals surface area (Å²) >= 11 is 5.47. The van der Waals surface area contributed by atoms with E-state index in [2.05, 4.69) is 16.6 Å². The van der Waals surface area contributed by atoms with Crippen molar-refractivity contribution in [1.82, 2.24) is 4.37 Å². The van der Waals surface area contributed by atoms with Crippen LogP contribution in [-0.4, -0.2) is 16.5 Å². The van der Waals surface area contributed by atoms with Crippen LogP contribution in [0.25, 0.3) is 0 Å². The molecule has 0 aliphatic rings. The van der Waals surface area contributed by atoms with Gasteiger partial charge in [0, 0.05) is 6.42 Å². The number of hydrogen-bond donors (Lipinski definition) is 0. The summed E-state index contributed by atoms with van der Waals surface area (Å²) in [6, 6.07) is 1.92. The average molecular weight is 252 g/mol. The molecule has 1 rings (SSSR count). The second-order valence-electron chi connectivity index (χ2n) is 2.15. The number of nitriles is 1. The quantitative estimate of drug-likeness (QED) is 0.431. The third-order valence-corrected chi connectivity index (χ3v) is 2.31. The van der Waals surface area contributed by atoms with Crippen LogP contribution in [0.2, 0.25) is 0 Å². The third kappa shape index (κ3) is 3.55. The Bertz CT molecular complexity index is 372. The maximum atomic E-state index is 10.6. The van der Waals surface area contributed by atoms with Gasteiger partial charge < -0.3 is 9.84 Å². The Balaban J connectivity index is 0.00000169. The van der Waals surface area contributed by atoms with Crippen molar-refractivity contribution in [1.29, 1.82) is 5.26 Å².